The number of hydrogen-bond donors (Lipinski definition) is 1. The molecule has 0 atom stereocenters. The van der Waals surface area contributed by atoms with Crippen LogP contribution >= 0.6 is 0 Å². The summed E-state index contributed by atoms with van der Waals surface area (Å²) in [7, 11) is 0. The third-order valence-electron chi connectivity index (χ3n) is 6.35. The lowest BCUT2D eigenvalue weighted by Gasteiger charge is -2.13. The zero-order chi connectivity index (χ0) is 23.8. The largest absolute Gasteiger partial charge is 0.480 e. The molecule has 0 aliphatic carbocycles. The Labute approximate surface area is 195 Å². The van der Waals surface area contributed by atoms with Crippen LogP contribution in [0.15, 0.2) is 83.8 Å². The fraction of sp³-hybridized carbons (Fsp3) is 0.143. The summed E-state index contributed by atoms with van der Waals surface area (Å²) in [4.78, 5) is 24.7. The molecule has 0 aliphatic heterocycles. The van der Waals surface area contributed by atoms with Gasteiger partial charge in [0.15, 0.2) is 0 Å². The monoisotopic (exact) mass is 454 g/mol. The third-order valence-corrected chi connectivity index (χ3v) is 6.35. The molecular weight excluding hydrogens is 431 g/mol. The van der Waals surface area contributed by atoms with Gasteiger partial charge < -0.3 is 14.2 Å². The SMILES string of the molecule is Cc1c(Cc2cn(Cc3ccccc3)c(=O)c3ccccc23)c2cc(F)ccc2n1CC(=O)O. The number of carbonyl (C=O) groups is 1. The summed E-state index contributed by atoms with van der Waals surface area (Å²) in [5, 5.41) is 11.6. The van der Waals surface area contributed by atoms with Crippen LogP contribution in [0, 0.1) is 12.7 Å². The lowest BCUT2D eigenvalue weighted by atomic mass is 9.98. The van der Waals surface area contributed by atoms with Gasteiger partial charge >= 0.3 is 5.97 Å². The topological polar surface area (TPSA) is 64.2 Å². The number of aromatic nitrogens is 2. The van der Waals surface area contributed by atoms with E-state index < -0.39 is 5.97 Å². The Balaban J connectivity index is 1.69. The molecule has 0 saturated carbocycles. The van der Waals surface area contributed by atoms with Crippen LogP contribution in [0.1, 0.15) is 22.4 Å². The van der Waals surface area contributed by atoms with Gasteiger partial charge in [0.2, 0.25) is 0 Å². The van der Waals surface area contributed by atoms with Crippen LogP contribution in [-0.2, 0) is 24.3 Å². The Hall–Kier alpha value is -4.19. The Morgan fingerprint density at radius 1 is 0.941 bits per heavy atom. The van der Waals surface area contributed by atoms with Gasteiger partial charge in [-0.2, -0.15) is 0 Å². The van der Waals surface area contributed by atoms with Gasteiger partial charge in [-0.15, -0.1) is 0 Å². The average Bonchev–Trinajstić information content (AvgIpc) is 3.07. The lowest BCUT2D eigenvalue weighted by molar-refractivity contribution is -0.137. The number of fused-ring (bicyclic) bond motifs is 2. The van der Waals surface area contributed by atoms with E-state index in [0.29, 0.717) is 29.3 Å². The molecule has 0 spiro atoms. The summed E-state index contributed by atoms with van der Waals surface area (Å²) in [5.41, 5.74) is 4.17. The molecule has 1 N–H and O–H groups in total. The summed E-state index contributed by atoms with van der Waals surface area (Å²) in [6, 6.07) is 21.7. The number of rotatable bonds is 6. The fourth-order valence-electron chi connectivity index (χ4n) is 4.74. The predicted octanol–water partition coefficient (Wildman–Crippen LogP) is 5.13. The van der Waals surface area contributed by atoms with Gasteiger partial charge in [0.25, 0.3) is 5.56 Å². The summed E-state index contributed by atoms with van der Waals surface area (Å²) >= 11 is 0. The molecule has 0 radical (unpaired) electrons. The van der Waals surface area contributed by atoms with E-state index in [0.717, 1.165) is 27.8 Å². The molecule has 0 aliphatic rings. The summed E-state index contributed by atoms with van der Waals surface area (Å²) in [6.45, 7) is 2.09. The van der Waals surface area contributed by atoms with Gasteiger partial charge in [-0.05, 0) is 53.3 Å². The second kappa shape index (κ2) is 8.63. The van der Waals surface area contributed by atoms with Gasteiger partial charge in [0.05, 0.1) is 6.54 Å². The number of halogens is 1. The van der Waals surface area contributed by atoms with Crippen molar-refractivity contribution in [3.8, 4) is 0 Å². The van der Waals surface area contributed by atoms with Crippen molar-refractivity contribution in [3.63, 3.8) is 0 Å². The number of benzene rings is 3. The Morgan fingerprint density at radius 2 is 1.65 bits per heavy atom. The van der Waals surface area contributed by atoms with Gasteiger partial charge in [-0.3, -0.25) is 9.59 Å². The molecule has 5 nitrogen and oxygen atoms in total. The minimum atomic E-state index is -0.960. The van der Waals surface area contributed by atoms with E-state index in [9.17, 15) is 19.1 Å². The minimum Gasteiger partial charge on any atom is -0.480 e. The van der Waals surface area contributed by atoms with Crippen LogP contribution in [-0.4, -0.2) is 20.2 Å². The fourth-order valence-corrected chi connectivity index (χ4v) is 4.74. The minimum absolute atomic E-state index is 0.0701. The number of pyridine rings is 1. The molecule has 170 valence electrons. The number of carboxylic acid groups (broad SMARTS) is 1. The maximum Gasteiger partial charge on any atom is 0.323 e. The van der Waals surface area contributed by atoms with E-state index in [1.54, 1.807) is 15.2 Å². The van der Waals surface area contributed by atoms with E-state index >= 15 is 0 Å². The quantitative estimate of drug-likeness (QED) is 0.387. The van der Waals surface area contributed by atoms with Crippen molar-refractivity contribution in [2.75, 3.05) is 0 Å². The molecule has 0 unspecified atom stereocenters. The number of nitrogens with zero attached hydrogens (tertiary/aromatic N) is 2. The number of carboxylic acids is 1. The van der Waals surface area contributed by atoms with Crippen LogP contribution in [0.25, 0.3) is 21.7 Å². The third kappa shape index (κ3) is 3.88. The molecule has 5 aromatic rings. The van der Waals surface area contributed by atoms with Crippen molar-refractivity contribution in [2.24, 2.45) is 0 Å². The lowest BCUT2D eigenvalue weighted by Crippen LogP contribution is -2.21. The van der Waals surface area contributed by atoms with Crippen LogP contribution in [0.4, 0.5) is 4.39 Å². The second-order valence-corrected chi connectivity index (χ2v) is 8.50. The Kier molecular flexibility index (Phi) is 5.49. The smallest absolute Gasteiger partial charge is 0.323 e. The van der Waals surface area contributed by atoms with Crippen LogP contribution in [0.3, 0.4) is 0 Å². The highest BCUT2D eigenvalue weighted by Crippen LogP contribution is 2.30. The highest BCUT2D eigenvalue weighted by atomic mass is 19.1. The molecule has 0 fully saturated rings. The number of hydrogen-bond acceptors (Lipinski definition) is 2. The molecular formula is C28H23FN2O3. The van der Waals surface area contributed by atoms with E-state index in [-0.39, 0.29) is 17.9 Å². The molecule has 5 rings (SSSR count). The number of aliphatic carboxylic acids is 1. The summed E-state index contributed by atoms with van der Waals surface area (Å²) in [6.07, 6.45) is 2.31. The summed E-state index contributed by atoms with van der Waals surface area (Å²) in [5.74, 6) is -1.34. The molecule has 2 aromatic heterocycles. The molecule has 34 heavy (non-hydrogen) atoms. The van der Waals surface area contributed by atoms with Crippen molar-refractivity contribution >= 4 is 27.6 Å². The van der Waals surface area contributed by atoms with Gasteiger partial charge in [0, 0.05) is 34.6 Å². The zero-order valence-corrected chi connectivity index (χ0v) is 18.7. The second-order valence-electron chi connectivity index (χ2n) is 8.50. The van der Waals surface area contributed by atoms with E-state index in [2.05, 4.69) is 0 Å². The Morgan fingerprint density at radius 3 is 2.38 bits per heavy atom. The predicted molar refractivity (Wildman–Crippen MR) is 131 cm³/mol. The van der Waals surface area contributed by atoms with E-state index in [1.165, 1.54) is 12.1 Å². The van der Waals surface area contributed by atoms with Crippen molar-refractivity contribution in [1.29, 1.82) is 0 Å². The first-order valence-corrected chi connectivity index (χ1v) is 11.1. The van der Waals surface area contributed by atoms with E-state index in [4.69, 9.17) is 0 Å². The van der Waals surface area contributed by atoms with Crippen LogP contribution in [0.5, 0.6) is 0 Å². The normalized spacial score (nSPS) is 11.4. The first-order chi connectivity index (χ1) is 16.4. The molecule has 0 amide bonds. The first kappa shape index (κ1) is 21.6. The standard InChI is InChI=1S/C28H23FN2O3/c1-18-24(25-14-21(29)11-12-26(25)31(18)17-27(32)33)13-20-16-30(15-19-7-3-2-4-8-19)28(34)23-10-6-5-9-22(20)23/h2-12,14,16H,13,15,17H2,1H3,(H,32,33). The average molecular weight is 455 g/mol. The van der Waals surface area contributed by atoms with Gasteiger partial charge in [0.1, 0.15) is 12.4 Å². The Bertz CT molecular complexity index is 1600. The molecule has 3 aromatic carbocycles. The van der Waals surface area contributed by atoms with Gasteiger partial charge in [-0.25, -0.2) is 4.39 Å². The van der Waals surface area contributed by atoms with Crippen molar-refractivity contribution in [2.45, 2.75) is 26.4 Å². The maximum absolute atomic E-state index is 14.2. The van der Waals surface area contributed by atoms with Crippen LogP contribution < -0.4 is 5.56 Å². The van der Waals surface area contributed by atoms with E-state index in [1.807, 2.05) is 67.7 Å². The molecule has 2 heterocycles. The van der Waals surface area contributed by atoms with Crippen molar-refractivity contribution in [3.05, 3.63) is 118 Å². The highest BCUT2D eigenvalue weighted by molar-refractivity contribution is 5.89. The van der Waals surface area contributed by atoms with Crippen molar-refractivity contribution < 1.29 is 14.3 Å². The zero-order valence-electron chi connectivity index (χ0n) is 18.7. The first-order valence-electron chi connectivity index (χ1n) is 11.1. The molecule has 0 saturated heterocycles. The van der Waals surface area contributed by atoms with Crippen molar-refractivity contribution in [1.82, 2.24) is 9.13 Å². The summed E-state index contributed by atoms with van der Waals surface area (Å²) < 4.78 is 17.6. The highest BCUT2D eigenvalue weighted by Gasteiger charge is 2.19. The van der Waals surface area contributed by atoms with Gasteiger partial charge in [-0.1, -0.05) is 48.5 Å². The van der Waals surface area contributed by atoms with Crippen LogP contribution in [0.2, 0.25) is 0 Å². The molecule has 6 heteroatoms. The maximum atomic E-state index is 14.2. The molecule has 0 bridgehead atoms.